The number of nitrogens with two attached hydrogens (primary N) is 1. The lowest BCUT2D eigenvalue weighted by atomic mass is 9.88. The van der Waals surface area contributed by atoms with E-state index in [0.717, 1.165) is 11.3 Å². The van der Waals surface area contributed by atoms with Crippen LogP contribution in [-0.2, 0) is 11.2 Å². The molecule has 1 rings (SSSR count). The second kappa shape index (κ2) is 4.74. The van der Waals surface area contributed by atoms with Crippen molar-refractivity contribution < 1.29 is 4.79 Å². The molecule has 0 aromatic carbocycles. The Labute approximate surface area is 97.1 Å². The molecule has 0 spiro atoms. The highest BCUT2D eigenvalue weighted by Gasteiger charge is 2.21. The summed E-state index contributed by atoms with van der Waals surface area (Å²) in [6.45, 7) is 7.69. The fourth-order valence-electron chi connectivity index (χ4n) is 1.31. The van der Waals surface area contributed by atoms with Crippen LogP contribution in [0, 0.1) is 5.41 Å². The standard InChI is InChI=1S/C13H20N2O/c1-9(14)10-5-6-15-11(7-10)8-12(16)13(2,3)4/h5-7,9H,8,14H2,1-4H3. The second-order valence-corrected chi connectivity index (χ2v) is 5.22. The number of carbonyl (C=O) groups is 1. The van der Waals surface area contributed by atoms with Crippen molar-refractivity contribution in [2.75, 3.05) is 0 Å². The monoisotopic (exact) mass is 220 g/mol. The van der Waals surface area contributed by atoms with Crippen molar-refractivity contribution in [3.05, 3.63) is 29.6 Å². The van der Waals surface area contributed by atoms with Crippen LogP contribution < -0.4 is 5.73 Å². The number of carbonyl (C=O) groups excluding carboxylic acids is 1. The van der Waals surface area contributed by atoms with Gasteiger partial charge in [-0.2, -0.15) is 0 Å². The lowest BCUT2D eigenvalue weighted by molar-refractivity contribution is -0.125. The van der Waals surface area contributed by atoms with Gasteiger partial charge in [0.15, 0.2) is 0 Å². The fraction of sp³-hybridized carbons (Fsp3) is 0.538. The molecular weight excluding hydrogens is 200 g/mol. The lowest BCUT2D eigenvalue weighted by Gasteiger charge is -2.16. The Hall–Kier alpha value is -1.22. The largest absolute Gasteiger partial charge is 0.324 e. The molecule has 3 nitrogen and oxygen atoms in total. The van der Waals surface area contributed by atoms with E-state index < -0.39 is 0 Å². The summed E-state index contributed by atoms with van der Waals surface area (Å²) in [6, 6.07) is 3.77. The summed E-state index contributed by atoms with van der Waals surface area (Å²) in [7, 11) is 0. The van der Waals surface area contributed by atoms with Crippen molar-refractivity contribution in [2.24, 2.45) is 11.1 Å². The zero-order valence-corrected chi connectivity index (χ0v) is 10.4. The van der Waals surface area contributed by atoms with E-state index in [1.807, 2.05) is 39.8 Å². The molecule has 1 aromatic rings. The van der Waals surface area contributed by atoms with Crippen molar-refractivity contribution in [3.8, 4) is 0 Å². The molecule has 0 aliphatic carbocycles. The van der Waals surface area contributed by atoms with Gasteiger partial charge in [-0.25, -0.2) is 0 Å². The maximum absolute atomic E-state index is 11.8. The van der Waals surface area contributed by atoms with Crippen molar-refractivity contribution in [3.63, 3.8) is 0 Å². The van der Waals surface area contributed by atoms with Gasteiger partial charge >= 0.3 is 0 Å². The summed E-state index contributed by atoms with van der Waals surface area (Å²) in [5.74, 6) is 0.196. The van der Waals surface area contributed by atoms with Crippen molar-refractivity contribution in [2.45, 2.75) is 40.2 Å². The summed E-state index contributed by atoms with van der Waals surface area (Å²) in [6.07, 6.45) is 2.09. The van der Waals surface area contributed by atoms with E-state index in [1.54, 1.807) is 6.20 Å². The predicted octanol–water partition coefficient (Wildman–Crippen LogP) is 2.26. The van der Waals surface area contributed by atoms with Gasteiger partial charge in [0, 0.05) is 29.8 Å². The number of hydrogen-bond donors (Lipinski definition) is 1. The Balaban J connectivity index is 2.83. The lowest BCUT2D eigenvalue weighted by Crippen LogP contribution is -2.22. The van der Waals surface area contributed by atoms with Gasteiger partial charge < -0.3 is 5.73 Å². The summed E-state index contributed by atoms with van der Waals surface area (Å²) < 4.78 is 0. The van der Waals surface area contributed by atoms with Crippen LogP contribution in [0.3, 0.4) is 0 Å². The maximum atomic E-state index is 11.8. The molecule has 0 radical (unpaired) electrons. The molecule has 0 aliphatic rings. The third-order valence-electron chi connectivity index (χ3n) is 2.54. The average Bonchev–Trinajstić information content (AvgIpc) is 2.16. The van der Waals surface area contributed by atoms with Crippen LogP contribution in [0.4, 0.5) is 0 Å². The summed E-state index contributed by atoms with van der Waals surface area (Å²) in [4.78, 5) is 16.0. The first kappa shape index (κ1) is 12.8. The SMILES string of the molecule is CC(N)c1ccnc(CC(=O)C(C)(C)C)c1. The van der Waals surface area contributed by atoms with E-state index in [-0.39, 0.29) is 17.2 Å². The van der Waals surface area contributed by atoms with Crippen LogP contribution >= 0.6 is 0 Å². The van der Waals surface area contributed by atoms with Gasteiger partial charge in [0.2, 0.25) is 0 Å². The Bertz CT molecular complexity index is 378. The normalized spacial score (nSPS) is 13.6. The second-order valence-electron chi connectivity index (χ2n) is 5.22. The summed E-state index contributed by atoms with van der Waals surface area (Å²) >= 11 is 0. The molecule has 16 heavy (non-hydrogen) atoms. The number of rotatable bonds is 3. The van der Waals surface area contributed by atoms with Gasteiger partial charge in [-0.15, -0.1) is 0 Å². The first-order valence-electron chi connectivity index (χ1n) is 5.54. The molecule has 1 heterocycles. The quantitative estimate of drug-likeness (QED) is 0.850. The van der Waals surface area contributed by atoms with Crippen molar-refractivity contribution >= 4 is 5.78 Å². The van der Waals surface area contributed by atoms with Crippen LogP contribution in [0.5, 0.6) is 0 Å². The summed E-state index contributed by atoms with van der Waals surface area (Å²) in [5, 5.41) is 0. The Morgan fingerprint density at radius 1 is 1.50 bits per heavy atom. The molecule has 88 valence electrons. The Kier molecular flexibility index (Phi) is 3.81. The van der Waals surface area contributed by atoms with Gasteiger partial charge in [0.25, 0.3) is 0 Å². The van der Waals surface area contributed by atoms with E-state index in [0.29, 0.717) is 6.42 Å². The van der Waals surface area contributed by atoms with Gasteiger partial charge in [-0.3, -0.25) is 9.78 Å². The average molecular weight is 220 g/mol. The van der Waals surface area contributed by atoms with Gasteiger partial charge in [-0.1, -0.05) is 20.8 Å². The highest BCUT2D eigenvalue weighted by Crippen LogP contribution is 2.18. The molecule has 2 N–H and O–H groups in total. The number of hydrogen-bond acceptors (Lipinski definition) is 3. The summed E-state index contributed by atoms with van der Waals surface area (Å²) in [5.41, 5.74) is 7.29. The van der Waals surface area contributed by atoms with Crippen molar-refractivity contribution in [1.82, 2.24) is 4.98 Å². The number of aromatic nitrogens is 1. The molecule has 3 heteroatoms. The molecule has 1 unspecified atom stereocenters. The van der Waals surface area contributed by atoms with E-state index in [4.69, 9.17) is 5.73 Å². The number of Topliss-reactive ketones (excluding diaryl/α,β-unsaturated/α-hetero) is 1. The fourth-order valence-corrected chi connectivity index (χ4v) is 1.31. The number of ketones is 1. The van der Waals surface area contributed by atoms with E-state index in [2.05, 4.69) is 4.98 Å². The van der Waals surface area contributed by atoms with Crippen LogP contribution in [-0.4, -0.2) is 10.8 Å². The minimum absolute atomic E-state index is 0.0218. The topological polar surface area (TPSA) is 56.0 Å². The number of pyridine rings is 1. The molecule has 1 atom stereocenters. The van der Waals surface area contributed by atoms with E-state index in [1.165, 1.54) is 0 Å². The third kappa shape index (κ3) is 3.42. The van der Waals surface area contributed by atoms with Crippen LogP contribution in [0.15, 0.2) is 18.3 Å². The smallest absolute Gasteiger partial charge is 0.144 e. The maximum Gasteiger partial charge on any atom is 0.144 e. The first-order chi connectivity index (χ1) is 7.30. The molecule has 0 aliphatic heterocycles. The van der Waals surface area contributed by atoms with Crippen molar-refractivity contribution in [1.29, 1.82) is 0 Å². The Morgan fingerprint density at radius 3 is 2.62 bits per heavy atom. The molecular formula is C13H20N2O. The highest BCUT2D eigenvalue weighted by atomic mass is 16.1. The minimum Gasteiger partial charge on any atom is -0.324 e. The van der Waals surface area contributed by atoms with Crippen LogP contribution in [0.25, 0.3) is 0 Å². The van der Waals surface area contributed by atoms with Gasteiger partial charge in [0.1, 0.15) is 5.78 Å². The van der Waals surface area contributed by atoms with Gasteiger partial charge in [-0.05, 0) is 24.6 Å². The third-order valence-corrected chi connectivity index (χ3v) is 2.54. The first-order valence-corrected chi connectivity index (χ1v) is 5.54. The van der Waals surface area contributed by atoms with E-state index in [9.17, 15) is 4.79 Å². The van der Waals surface area contributed by atoms with Gasteiger partial charge in [0.05, 0.1) is 0 Å². The zero-order valence-electron chi connectivity index (χ0n) is 10.4. The molecule has 0 amide bonds. The van der Waals surface area contributed by atoms with E-state index >= 15 is 0 Å². The number of nitrogens with zero attached hydrogens (tertiary/aromatic N) is 1. The Morgan fingerprint density at radius 2 is 2.12 bits per heavy atom. The zero-order chi connectivity index (χ0) is 12.3. The highest BCUT2D eigenvalue weighted by molar-refractivity contribution is 5.85. The molecule has 0 bridgehead atoms. The minimum atomic E-state index is -0.313. The van der Waals surface area contributed by atoms with Crippen LogP contribution in [0.2, 0.25) is 0 Å². The molecule has 0 fully saturated rings. The molecule has 0 saturated carbocycles. The molecule has 1 aromatic heterocycles. The molecule has 0 saturated heterocycles. The van der Waals surface area contributed by atoms with Crippen LogP contribution in [0.1, 0.15) is 45.0 Å². The predicted molar refractivity (Wildman–Crippen MR) is 65.0 cm³/mol.